The van der Waals surface area contributed by atoms with Gasteiger partial charge >= 0.3 is 5.97 Å². The summed E-state index contributed by atoms with van der Waals surface area (Å²) in [7, 11) is 1.56. The Morgan fingerprint density at radius 2 is 2.00 bits per heavy atom. The number of carboxylic acids is 1. The number of amides is 1. The highest BCUT2D eigenvalue weighted by Crippen LogP contribution is 2.33. The van der Waals surface area contributed by atoms with Gasteiger partial charge in [-0.25, -0.2) is 9.48 Å². The third-order valence-electron chi connectivity index (χ3n) is 4.65. The highest BCUT2D eigenvalue weighted by atomic mass is 35.5. The zero-order valence-corrected chi connectivity index (χ0v) is 16.6. The number of carboxylic acid groups (broad SMARTS) is 1. The fraction of sp³-hybridized carbons (Fsp3) is 0.0952. The van der Waals surface area contributed by atoms with Crippen LogP contribution in [0.25, 0.3) is 0 Å². The molecular weight excluding hydrogens is 408 g/mol. The van der Waals surface area contributed by atoms with Gasteiger partial charge in [0.2, 0.25) is 0 Å². The third-order valence-corrected chi connectivity index (χ3v) is 4.88. The van der Waals surface area contributed by atoms with Crippen LogP contribution < -0.4 is 15.4 Å². The van der Waals surface area contributed by atoms with Crippen molar-refractivity contribution in [2.45, 2.75) is 6.04 Å². The van der Waals surface area contributed by atoms with E-state index in [4.69, 9.17) is 16.3 Å². The van der Waals surface area contributed by atoms with Gasteiger partial charge < -0.3 is 20.5 Å². The van der Waals surface area contributed by atoms with Crippen LogP contribution in [0.3, 0.4) is 0 Å². The van der Waals surface area contributed by atoms with Gasteiger partial charge in [0.25, 0.3) is 5.91 Å². The number of aromatic nitrogens is 2. The predicted molar refractivity (Wildman–Crippen MR) is 112 cm³/mol. The molecule has 1 aliphatic rings. The SMILES string of the molecule is COc1ccc(NC(=O)c2cnn3c2NC(C(=O)O)=C[C@@H]3c2cccc(Cl)c2)cc1. The molecule has 9 heteroatoms. The molecule has 0 unspecified atom stereocenters. The van der Waals surface area contributed by atoms with Crippen LogP contribution >= 0.6 is 11.6 Å². The van der Waals surface area contributed by atoms with Crippen molar-refractivity contribution in [2.75, 3.05) is 17.7 Å². The van der Waals surface area contributed by atoms with Crippen LogP contribution in [0.2, 0.25) is 5.02 Å². The van der Waals surface area contributed by atoms with E-state index in [2.05, 4.69) is 15.7 Å². The van der Waals surface area contributed by atoms with Crippen LogP contribution in [0, 0.1) is 0 Å². The van der Waals surface area contributed by atoms with Crippen molar-refractivity contribution in [3.63, 3.8) is 0 Å². The lowest BCUT2D eigenvalue weighted by molar-refractivity contribution is -0.132. The summed E-state index contributed by atoms with van der Waals surface area (Å²) in [6, 6.07) is 13.4. The van der Waals surface area contributed by atoms with Crippen LogP contribution in [0.5, 0.6) is 5.75 Å². The Morgan fingerprint density at radius 3 is 2.67 bits per heavy atom. The second kappa shape index (κ2) is 7.92. The number of nitrogens with one attached hydrogen (secondary N) is 2. The molecule has 0 radical (unpaired) electrons. The number of benzene rings is 2. The summed E-state index contributed by atoms with van der Waals surface area (Å²) in [6.45, 7) is 0. The summed E-state index contributed by atoms with van der Waals surface area (Å²) in [5.41, 5.74) is 1.47. The second-order valence-electron chi connectivity index (χ2n) is 6.54. The number of allylic oxidation sites excluding steroid dienone is 1. The van der Waals surface area contributed by atoms with Gasteiger partial charge in [0.15, 0.2) is 0 Å². The number of ether oxygens (including phenoxy) is 1. The molecule has 2 heterocycles. The maximum atomic E-state index is 12.9. The number of hydrogen-bond acceptors (Lipinski definition) is 5. The smallest absolute Gasteiger partial charge is 0.352 e. The highest BCUT2D eigenvalue weighted by molar-refractivity contribution is 6.30. The average molecular weight is 425 g/mol. The quantitative estimate of drug-likeness (QED) is 0.575. The molecule has 1 aliphatic heterocycles. The summed E-state index contributed by atoms with van der Waals surface area (Å²) in [6.07, 6.45) is 2.93. The van der Waals surface area contributed by atoms with E-state index in [0.717, 1.165) is 5.56 Å². The van der Waals surface area contributed by atoms with E-state index in [0.29, 0.717) is 16.5 Å². The van der Waals surface area contributed by atoms with Gasteiger partial charge in [0, 0.05) is 10.7 Å². The van der Waals surface area contributed by atoms with E-state index < -0.39 is 17.9 Å². The zero-order valence-electron chi connectivity index (χ0n) is 15.8. The van der Waals surface area contributed by atoms with E-state index in [1.165, 1.54) is 12.3 Å². The van der Waals surface area contributed by atoms with Crippen LogP contribution in [0.15, 0.2) is 66.5 Å². The van der Waals surface area contributed by atoms with Gasteiger partial charge in [-0.3, -0.25) is 4.79 Å². The molecule has 2 aromatic carbocycles. The molecular formula is C21H17ClN4O4. The maximum Gasteiger partial charge on any atom is 0.352 e. The monoisotopic (exact) mass is 424 g/mol. The van der Waals surface area contributed by atoms with E-state index in [-0.39, 0.29) is 17.1 Å². The molecule has 152 valence electrons. The molecule has 3 N–H and O–H groups in total. The molecule has 1 aromatic heterocycles. The Hall–Kier alpha value is -3.78. The average Bonchev–Trinajstić information content (AvgIpc) is 3.17. The number of halogens is 1. The standard InChI is InChI=1S/C21H17ClN4O4/c1-30-15-7-5-14(6-8-15)24-20(27)16-11-23-26-18(12-3-2-4-13(22)9-12)10-17(21(28)29)25-19(16)26/h2-11,18,25H,1H3,(H,24,27)(H,28,29)/t18-/m1/s1. The van der Waals surface area contributed by atoms with Gasteiger partial charge in [0.1, 0.15) is 22.8 Å². The Kier molecular flexibility index (Phi) is 5.16. The molecule has 0 spiro atoms. The molecule has 3 aromatic rings. The Morgan fingerprint density at radius 1 is 1.23 bits per heavy atom. The van der Waals surface area contributed by atoms with Crippen molar-refractivity contribution in [3.05, 3.63) is 82.7 Å². The molecule has 0 saturated heterocycles. The fourth-order valence-electron chi connectivity index (χ4n) is 3.19. The van der Waals surface area contributed by atoms with Crippen molar-refractivity contribution in [1.82, 2.24) is 9.78 Å². The van der Waals surface area contributed by atoms with Gasteiger partial charge in [0.05, 0.1) is 19.3 Å². The Bertz CT molecular complexity index is 1150. The molecule has 0 aliphatic carbocycles. The number of hydrogen-bond donors (Lipinski definition) is 3. The largest absolute Gasteiger partial charge is 0.497 e. The maximum absolute atomic E-state index is 12.9. The molecule has 30 heavy (non-hydrogen) atoms. The normalized spacial score (nSPS) is 14.9. The minimum atomic E-state index is -1.14. The van der Waals surface area contributed by atoms with Crippen molar-refractivity contribution in [2.24, 2.45) is 0 Å². The topological polar surface area (TPSA) is 105 Å². The van der Waals surface area contributed by atoms with Crippen LogP contribution in [0.1, 0.15) is 22.0 Å². The molecule has 0 fully saturated rings. The fourth-order valence-corrected chi connectivity index (χ4v) is 3.39. The summed E-state index contributed by atoms with van der Waals surface area (Å²) >= 11 is 6.10. The molecule has 4 rings (SSSR count). The zero-order chi connectivity index (χ0) is 21.3. The molecule has 0 bridgehead atoms. The number of aliphatic carboxylic acids is 1. The predicted octanol–water partition coefficient (Wildman–Crippen LogP) is 3.78. The van der Waals surface area contributed by atoms with Gasteiger partial charge in [-0.05, 0) is 48.0 Å². The van der Waals surface area contributed by atoms with Gasteiger partial charge in [-0.2, -0.15) is 5.10 Å². The lowest BCUT2D eigenvalue weighted by atomic mass is 10.0. The van der Waals surface area contributed by atoms with Gasteiger partial charge in [-0.15, -0.1) is 0 Å². The van der Waals surface area contributed by atoms with E-state index in [1.54, 1.807) is 54.3 Å². The first-order chi connectivity index (χ1) is 14.5. The minimum absolute atomic E-state index is 0.0496. The van der Waals surface area contributed by atoms with Crippen molar-refractivity contribution < 1.29 is 19.4 Å². The first kappa shape index (κ1) is 19.5. The first-order valence-corrected chi connectivity index (χ1v) is 9.34. The first-order valence-electron chi connectivity index (χ1n) is 8.97. The summed E-state index contributed by atoms with van der Waals surface area (Å²) in [5, 5.41) is 19.9. The van der Waals surface area contributed by atoms with E-state index >= 15 is 0 Å². The van der Waals surface area contributed by atoms with Crippen LogP contribution in [-0.2, 0) is 4.79 Å². The third kappa shape index (κ3) is 3.72. The van der Waals surface area contributed by atoms with Gasteiger partial charge in [-0.1, -0.05) is 23.7 Å². The number of methoxy groups -OCH3 is 1. The summed E-state index contributed by atoms with van der Waals surface area (Å²) in [5.74, 6) is -0.620. The number of rotatable bonds is 5. The minimum Gasteiger partial charge on any atom is -0.497 e. The molecule has 1 amide bonds. The molecule has 1 atom stereocenters. The highest BCUT2D eigenvalue weighted by Gasteiger charge is 2.29. The second-order valence-corrected chi connectivity index (χ2v) is 6.98. The number of anilines is 2. The van der Waals surface area contributed by atoms with Crippen LogP contribution in [-0.4, -0.2) is 33.9 Å². The number of nitrogens with zero attached hydrogens (tertiary/aromatic N) is 2. The van der Waals surface area contributed by atoms with Crippen LogP contribution in [0.4, 0.5) is 11.5 Å². The lowest BCUT2D eigenvalue weighted by Crippen LogP contribution is -2.25. The summed E-state index contributed by atoms with van der Waals surface area (Å²) in [4.78, 5) is 24.5. The van der Waals surface area contributed by atoms with Crippen molar-refractivity contribution in [1.29, 1.82) is 0 Å². The molecule has 0 saturated carbocycles. The Balaban J connectivity index is 1.69. The number of carbonyl (C=O) groups excluding carboxylic acids is 1. The number of fused-ring (bicyclic) bond motifs is 1. The number of carbonyl (C=O) groups is 2. The van der Waals surface area contributed by atoms with Crippen molar-refractivity contribution >= 4 is 35.0 Å². The lowest BCUT2D eigenvalue weighted by Gasteiger charge is -2.24. The summed E-state index contributed by atoms with van der Waals surface area (Å²) < 4.78 is 6.67. The Labute approximate surface area is 176 Å². The molecule has 8 nitrogen and oxygen atoms in total. The van der Waals surface area contributed by atoms with E-state index in [1.807, 2.05) is 6.07 Å². The van der Waals surface area contributed by atoms with Crippen molar-refractivity contribution in [3.8, 4) is 5.75 Å². The van der Waals surface area contributed by atoms with E-state index in [9.17, 15) is 14.7 Å².